The molecule has 0 radical (unpaired) electrons. The normalized spacial score (nSPS) is 9.08. The highest BCUT2D eigenvalue weighted by molar-refractivity contribution is 5.60. The molecule has 0 atom stereocenters. The van der Waals surface area contributed by atoms with E-state index in [1.807, 2.05) is 0 Å². The molecule has 0 fully saturated rings. The predicted molar refractivity (Wildman–Crippen MR) is 44.3 cm³/mol. The molecule has 0 heterocycles. The van der Waals surface area contributed by atoms with Crippen molar-refractivity contribution in [1.29, 1.82) is 0 Å². The third-order valence-corrected chi connectivity index (χ3v) is 0.771. The Hall–Kier alpha value is -0.650. The molecule has 0 unspecified atom stereocenters. The van der Waals surface area contributed by atoms with Crippen LogP contribution in [0.15, 0.2) is 0 Å². The number of hydrogen-bond acceptors (Lipinski definition) is 3. The van der Waals surface area contributed by atoms with Gasteiger partial charge in [-0.3, -0.25) is 0 Å². The lowest BCUT2D eigenvalue weighted by Crippen LogP contribution is -2.36. The van der Waals surface area contributed by atoms with Gasteiger partial charge in [-0.2, -0.15) is 0 Å². The second-order valence-corrected chi connectivity index (χ2v) is 3.23. The van der Waals surface area contributed by atoms with Crippen LogP contribution in [0.5, 0.6) is 0 Å². The zero-order chi connectivity index (χ0) is 9.49. The smallest absolute Gasteiger partial charge is 0.101 e. The summed E-state index contributed by atoms with van der Waals surface area (Å²) in [6, 6.07) is 0. The molecule has 5 heteroatoms. The van der Waals surface area contributed by atoms with Crippen molar-refractivity contribution in [2.75, 3.05) is 34.3 Å². The molecule has 5 nitrogen and oxygen atoms in total. The molecule has 0 amide bonds. The van der Waals surface area contributed by atoms with Gasteiger partial charge in [-0.1, -0.05) is 0 Å². The van der Waals surface area contributed by atoms with Gasteiger partial charge in [0, 0.05) is 5.97 Å². The van der Waals surface area contributed by atoms with E-state index in [-0.39, 0.29) is 12.1 Å². The quantitative estimate of drug-likeness (QED) is 0.482. The fourth-order valence-electron chi connectivity index (χ4n) is 0.300. The number of aliphatic hydroxyl groups excluding tert-OH is 1. The summed E-state index contributed by atoms with van der Waals surface area (Å²) in [5.41, 5.74) is 0. The molecule has 0 spiro atoms. The van der Waals surface area contributed by atoms with Gasteiger partial charge >= 0.3 is 0 Å². The molecule has 0 aromatic heterocycles. The van der Waals surface area contributed by atoms with E-state index in [2.05, 4.69) is 21.1 Å². The Morgan fingerprint density at radius 1 is 1.42 bits per heavy atom. The zero-order valence-corrected chi connectivity index (χ0v) is 8.13. The Morgan fingerprint density at radius 3 is 1.67 bits per heavy atom. The van der Waals surface area contributed by atoms with Gasteiger partial charge in [-0.05, 0) is 6.92 Å². The predicted octanol–water partition coefficient (Wildman–Crippen LogP) is -2.38. The van der Waals surface area contributed by atoms with Crippen LogP contribution in [-0.2, 0) is 4.79 Å². The molecule has 0 aromatic rings. The van der Waals surface area contributed by atoms with E-state index >= 15 is 0 Å². The highest BCUT2D eigenvalue weighted by Crippen LogP contribution is 1.84. The van der Waals surface area contributed by atoms with E-state index in [1.54, 1.807) is 0 Å². The fourth-order valence-corrected chi connectivity index (χ4v) is 0.300. The summed E-state index contributed by atoms with van der Waals surface area (Å²) in [5, 5.41) is 17.3. The zero-order valence-electron chi connectivity index (χ0n) is 8.13. The monoisotopic (exact) mass is 181 g/mol. The van der Waals surface area contributed by atoms with E-state index in [1.165, 1.54) is 0 Å². The van der Waals surface area contributed by atoms with Gasteiger partial charge in [0.25, 0.3) is 0 Å². The number of nitrogens with zero attached hydrogens (tertiary/aromatic N) is 1. The van der Waals surface area contributed by atoms with Crippen molar-refractivity contribution in [2.24, 2.45) is 0 Å². The van der Waals surface area contributed by atoms with Crippen LogP contribution in [0.1, 0.15) is 6.92 Å². The molecule has 76 valence electrons. The maximum atomic E-state index is 8.89. The first-order chi connectivity index (χ1) is 4.79. The van der Waals surface area contributed by atoms with Gasteiger partial charge in [0.1, 0.15) is 6.54 Å². The average Bonchev–Trinajstić information content (AvgIpc) is 1.58. The van der Waals surface area contributed by atoms with Crippen molar-refractivity contribution in [3.63, 3.8) is 0 Å². The Labute approximate surface area is 73.1 Å². The van der Waals surface area contributed by atoms with Crippen molar-refractivity contribution in [3.8, 4) is 0 Å². The van der Waals surface area contributed by atoms with Crippen molar-refractivity contribution >= 4 is 5.97 Å². The van der Waals surface area contributed by atoms with E-state index in [9.17, 15) is 0 Å². The number of hydrogen-bond donors (Lipinski definition) is 1. The summed E-state index contributed by atoms with van der Waals surface area (Å²) in [4.78, 5) is 8.89. The molecule has 0 aliphatic heterocycles. The summed E-state index contributed by atoms with van der Waals surface area (Å²) in [6.45, 7) is 2.09. The number of rotatable bonds is 2. The van der Waals surface area contributed by atoms with Crippen molar-refractivity contribution in [2.45, 2.75) is 6.92 Å². The van der Waals surface area contributed by atoms with Gasteiger partial charge in [-0.15, -0.1) is 0 Å². The standard InChI is InChI=1S/C5H14NO.C2H4O2.H2O/c1-6(2,3)4-5-7;1-2(3)4;/h7H,4-5H2,1-3H3;1H3,(H,3,4);1H2/q+1;;/p-1. The van der Waals surface area contributed by atoms with Crippen molar-refractivity contribution in [1.82, 2.24) is 0 Å². The van der Waals surface area contributed by atoms with E-state index in [0.29, 0.717) is 0 Å². The van der Waals surface area contributed by atoms with Gasteiger partial charge in [0.05, 0.1) is 27.7 Å². The summed E-state index contributed by atoms with van der Waals surface area (Å²) < 4.78 is 0.844. The number of carboxylic acid groups (broad SMARTS) is 1. The Balaban J connectivity index is -0.000000142. The van der Waals surface area contributed by atoms with Crippen LogP contribution in [-0.4, -0.2) is 55.3 Å². The molecule has 3 N–H and O–H groups in total. The molecule has 12 heavy (non-hydrogen) atoms. The third kappa shape index (κ3) is 58.1. The number of likely N-dealkylation sites (N-methyl/N-ethyl adjacent to an activating group) is 1. The van der Waals surface area contributed by atoms with Crippen LogP contribution < -0.4 is 5.11 Å². The van der Waals surface area contributed by atoms with Crippen LogP contribution in [0.2, 0.25) is 0 Å². The van der Waals surface area contributed by atoms with Crippen LogP contribution in [0.4, 0.5) is 0 Å². The first-order valence-electron chi connectivity index (χ1n) is 3.38. The molecule has 0 saturated heterocycles. The molecule has 0 aliphatic rings. The number of carbonyl (C=O) groups excluding carboxylic acids is 1. The van der Waals surface area contributed by atoms with Gasteiger partial charge in [0.2, 0.25) is 0 Å². The summed E-state index contributed by atoms with van der Waals surface area (Å²) in [5.74, 6) is -1.08. The minimum atomic E-state index is -1.08. The Morgan fingerprint density at radius 2 is 1.67 bits per heavy atom. The highest BCUT2D eigenvalue weighted by atomic mass is 16.4. The third-order valence-electron chi connectivity index (χ3n) is 0.771. The summed E-state index contributed by atoms with van der Waals surface area (Å²) >= 11 is 0. The highest BCUT2D eigenvalue weighted by Gasteiger charge is 2.02. The maximum absolute atomic E-state index is 8.89. The average molecular weight is 181 g/mol. The second-order valence-electron chi connectivity index (χ2n) is 3.23. The molecule has 0 aliphatic carbocycles. The van der Waals surface area contributed by atoms with Gasteiger partial charge in [0.15, 0.2) is 0 Å². The van der Waals surface area contributed by atoms with Crippen LogP contribution in [0.25, 0.3) is 0 Å². The summed E-state index contributed by atoms with van der Waals surface area (Å²) in [6.07, 6.45) is 0. The lowest BCUT2D eigenvalue weighted by atomic mass is 10.5. The SMILES string of the molecule is CC(=O)[O-].C[N+](C)(C)CCO.O. The van der Waals surface area contributed by atoms with E-state index in [0.717, 1.165) is 18.0 Å². The molecule has 0 bridgehead atoms. The molecule has 0 aromatic carbocycles. The molecule has 0 rings (SSSR count). The molecular weight excluding hydrogens is 162 g/mol. The Bertz CT molecular complexity index is 104. The van der Waals surface area contributed by atoms with Crippen LogP contribution >= 0.6 is 0 Å². The van der Waals surface area contributed by atoms with E-state index in [4.69, 9.17) is 15.0 Å². The van der Waals surface area contributed by atoms with Crippen LogP contribution in [0.3, 0.4) is 0 Å². The number of carbonyl (C=O) groups is 1. The van der Waals surface area contributed by atoms with E-state index < -0.39 is 5.97 Å². The number of quaternary nitrogens is 1. The lowest BCUT2D eigenvalue weighted by Gasteiger charge is -2.21. The first kappa shape index (κ1) is 17.4. The van der Waals surface area contributed by atoms with Crippen molar-refractivity contribution in [3.05, 3.63) is 0 Å². The molecular formula is C7H19NO4. The first-order valence-corrected chi connectivity index (χ1v) is 3.38. The lowest BCUT2D eigenvalue weighted by molar-refractivity contribution is -0.870. The number of carboxylic acids is 1. The van der Waals surface area contributed by atoms with Crippen LogP contribution in [0, 0.1) is 0 Å². The second kappa shape index (κ2) is 8.45. The van der Waals surface area contributed by atoms with Gasteiger partial charge in [-0.25, -0.2) is 0 Å². The Kier molecular flexibility index (Phi) is 12.3. The topological polar surface area (TPSA) is 91.9 Å². The minimum Gasteiger partial charge on any atom is -0.550 e. The van der Waals surface area contributed by atoms with Crippen molar-refractivity contribution < 1.29 is 25.0 Å². The number of aliphatic carboxylic acids is 1. The minimum absolute atomic E-state index is 0. The fraction of sp³-hybridized carbons (Fsp3) is 0.857. The summed E-state index contributed by atoms with van der Waals surface area (Å²) in [7, 11) is 6.16. The largest absolute Gasteiger partial charge is 0.550 e. The van der Waals surface area contributed by atoms with Gasteiger partial charge < -0.3 is 25.0 Å². The maximum Gasteiger partial charge on any atom is 0.101 e. The molecule has 0 saturated carbocycles. The number of aliphatic hydroxyl groups is 1.